The fraction of sp³-hybridized carbons (Fsp3) is 0.455. The normalized spacial score (nSPS) is 11.4. The molecule has 0 aromatic heterocycles. The molecule has 1 aromatic carbocycles. The van der Waals surface area contributed by atoms with E-state index >= 15 is 0 Å². The molecule has 0 heterocycles. The van der Waals surface area contributed by atoms with Gasteiger partial charge in [-0.2, -0.15) is 0 Å². The van der Waals surface area contributed by atoms with Crippen molar-refractivity contribution < 1.29 is 8.42 Å². The van der Waals surface area contributed by atoms with Gasteiger partial charge in [0.2, 0.25) is 10.0 Å². The third-order valence-electron chi connectivity index (χ3n) is 2.13. The van der Waals surface area contributed by atoms with Gasteiger partial charge in [-0.3, -0.25) is 4.72 Å². The Balaban J connectivity index is 2.94. The van der Waals surface area contributed by atoms with Crippen LogP contribution in [-0.2, 0) is 10.0 Å². The fourth-order valence-electron chi connectivity index (χ4n) is 1.33. The monoisotopic (exact) mass is 227 g/mol. The van der Waals surface area contributed by atoms with Crippen molar-refractivity contribution in [2.75, 3.05) is 10.5 Å². The minimum Gasteiger partial charge on any atom is -0.283 e. The van der Waals surface area contributed by atoms with Crippen LogP contribution in [0.2, 0.25) is 0 Å². The van der Waals surface area contributed by atoms with Crippen LogP contribution in [0.15, 0.2) is 18.2 Å². The molecule has 0 saturated heterocycles. The molecule has 0 atom stereocenters. The van der Waals surface area contributed by atoms with Crippen molar-refractivity contribution in [3.63, 3.8) is 0 Å². The van der Waals surface area contributed by atoms with E-state index in [0.717, 1.165) is 11.1 Å². The summed E-state index contributed by atoms with van der Waals surface area (Å²) < 4.78 is 25.7. The molecule has 0 fully saturated rings. The zero-order valence-corrected chi connectivity index (χ0v) is 10.2. The van der Waals surface area contributed by atoms with Crippen molar-refractivity contribution in [3.8, 4) is 0 Å². The molecular formula is C11H17NO2S. The van der Waals surface area contributed by atoms with Crippen LogP contribution in [0.1, 0.15) is 24.5 Å². The molecule has 3 nitrogen and oxygen atoms in total. The van der Waals surface area contributed by atoms with Gasteiger partial charge in [0, 0.05) is 0 Å². The Kier molecular flexibility index (Phi) is 3.74. The van der Waals surface area contributed by atoms with E-state index < -0.39 is 10.0 Å². The summed E-state index contributed by atoms with van der Waals surface area (Å²) in [7, 11) is -3.17. The average Bonchev–Trinajstić information content (AvgIpc) is 2.10. The van der Waals surface area contributed by atoms with Crippen molar-refractivity contribution in [1.29, 1.82) is 0 Å². The van der Waals surface area contributed by atoms with E-state index in [1.54, 1.807) is 0 Å². The summed E-state index contributed by atoms with van der Waals surface area (Å²) in [6, 6.07) is 5.73. The summed E-state index contributed by atoms with van der Waals surface area (Å²) >= 11 is 0. The van der Waals surface area contributed by atoms with Crippen LogP contribution in [0.5, 0.6) is 0 Å². The fourth-order valence-corrected chi connectivity index (χ4v) is 2.53. The van der Waals surface area contributed by atoms with E-state index in [1.165, 1.54) is 0 Å². The number of rotatable bonds is 4. The Morgan fingerprint density at radius 2 is 1.93 bits per heavy atom. The molecule has 0 saturated carbocycles. The largest absolute Gasteiger partial charge is 0.283 e. The van der Waals surface area contributed by atoms with E-state index in [4.69, 9.17) is 0 Å². The van der Waals surface area contributed by atoms with Crippen molar-refractivity contribution >= 4 is 15.7 Å². The molecule has 0 aliphatic carbocycles. The molecule has 0 spiro atoms. The van der Waals surface area contributed by atoms with Gasteiger partial charge in [-0.15, -0.1) is 0 Å². The highest BCUT2D eigenvalue weighted by Gasteiger charge is 2.10. The van der Waals surface area contributed by atoms with Crippen molar-refractivity contribution in [2.24, 2.45) is 0 Å². The summed E-state index contributed by atoms with van der Waals surface area (Å²) in [5.41, 5.74) is 2.68. The minimum atomic E-state index is -3.17. The molecule has 84 valence electrons. The number of benzene rings is 1. The predicted molar refractivity (Wildman–Crippen MR) is 63.6 cm³/mol. The maximum atomic E-state index is 11.6. The number of hydrogen-bond acceptors (Lipinski definition) is 2. The van der Waals surface area contributed by atoms with Crippen LogP contribution in [0.25, 0.3) is 0 Å². The molecule has 1 N–H and O–H groups in total. The topological polar surface area (TPSA) is 46.2 Å². The molecule has 0 unspecified atom stereocenters. The van der Waals surface area contributed by atoms with Gasteiger partial charge < -0.3 is 0 Å². The molecule has 1 rings (SSSR count). The van der Waals surface area contributed by atoms with E-state index in [-0.39, 0.29) is 5.75 Å². The second-order valence-electron chi connectivity index (χ2n) is 3.74. The van der Waals surface area contributed by atoms with Gasteiger partial charge in [0.05, 0.1) is 11.4 Å². The molecule has 0 aliphatic heterocycles. The van der Waals surface area contributed by atoms with E-state index in [1.807, 2.05) is 39.0 Å². The van der Waals surface area contributed by atoms with E-state index in [9.17, 15) is 8.42 Å². The predicted octanol–water partition coefficient (Wildman–Crippen LogP) is 2.46. The zero-order valence-electron chi connectivity index (χ0n) is 9.37. The van der Waals surface area contributed by atoms with Crippen LogP contribution in [0.3, 0.4) is 0 Å². The van der Waals surface area contributed by atoms with Crippen molar-refractivity contribution in [1.82, 2.24) is 0 Å². The highest BCUT2D eigenvalue weighted by Crippen LogP contribution is 2.17. The standard InChI is InChI=1S/C11H17NO2S/c1-4-7-15(13,14)12-11-8-9(2)5-6-10(11)3/h5-6,8,12H,4,7H2,1-3H3. The molecule has 15 heavy (non-hydrogen) atoms. The first-order chi connectivity index (χ1) is 6.94. The highest BCUT2D eigenvalue weighted by atomic mass is 32.2. The van der Waals surface area contributed by atoms with Gasteiger partial charge in [-0.1, -0.05) is 19.1 Å². The van der Waals surface area contributed by atoms with Crippen LogP contribution in [-0.4, -0.2) is 14.2 Å². The van der Waals surface area contributed by atoms with E-state index in [0.29, 0.717) is 12.1 Å². The third-order valence-corrected chi connectivity index (χ3v) is 3.61. The third kappa shape index (κ3) is 3.55. The molecule has 1 aromatic rings. The van der Waals surface area contributed by atoms with Crippen LogP contribution in [0, 0.1) is 13.8 Å². The van der Waals surface area contributed by atoms with Crippen LogP contribution in [0.4, 0.5) is 5.69 Å². The Bertz CT molecular complexity index is 438. The lowest BCUT2D eigenvalue weighted by Crippen LogP contribution is -2.16. The molecule has 0 radical (unpaired) electrons. The lowest BCUT2D eigenvalue weighted by molar-refractivity contribution is 0.600. The first kappa shape index (κ1) is 12.0. The Hall–Kier alpha value is -1.03. The number of sulfonamides is 1. The summed E-state index contributed by atoms with van der Waals surface area (Å²) in [4.78, 5) is 0. The van der Waals surface area contributed by atoms with Gasteiger partial charge in [0.1, 0.15) is 0 Å². The number of aryl methyl sites for hydroxylation is 2. The lowest BCUT2D eigenvalue weighted by Gasteiger charge is -2.10. The summed E-state index contributed by atoms with van der Waals surface area (Å²) in [5, 5.41) is 0. The second-order valence-corrected chi connectivity index (χ2v) is 5.58. The second kappa shape index (κ2) is 4.66. The summed E-state index contributed by atoms with van der Waals surface area (Å²) in [6.07, 6.45) is 0.625. The average molecular weight is 227 g/mol. The number of nitrogens with one attached hydrogen (secondary N) is 1. The quantitative estimate of drug-likeness (QED) is 0.858. The summed E-state index contributed by atoms with van der Waals surface area (Å²) in [6.45, 7) is 5.68. The number of hydrogen-bond donors (Lipinski definition) is 1. The summed E-state index contributed by atoms with van der Waals surface area (Å²) in [5.74, 6) is 0.167. The lowest BCUT2D eigenvalue weighted by atomic mass is 10.1. The van der Waals surface area contributed by atoms with Gasteiger partial charge in [-0.05, 0) is 37.5 Å². The van der Waals surface area contributed by atoms with E-state index in [2.05, 4.69) is 4.72 Å². The Morgan fingerprint density at radius 3 is 2.53 bits per heavy atom. The molecule has 0 bridgehead atoms. The molecular weight excluding hydrogens is 210 g/mol. The SMILES string of the molecule is CCCS(=O)(=O)Nc1cc(C)ccc1C. The maximum Gasteiger partial charge on any atom is 0.232 e. The Labute approximate surface area is 91.6 Å². The van der Waals surface area contributed by atoms with Gasteiger partial charge in [-0.25, -0.2) is 8.42 Å². The van der Waals surface area contributed by atoms with Crippen molar-refractivity contribution in [2.45, 2.75) is 27.2 Å². The minimum absolute atomic E-state index is 0.167. The zero-order chi connectivity index (χ0) is 11.5. The van der Waals surface area contributed by atoms with Gasteiger partial charge >= 0.3 is 0 Å². The Morgan fingerprint density at radius 1 is 1.27 bits per heavy atom. The maximum absolute atomic E-state index is 11.6. The highest BCUT2D eigenvalue weighted by molar-refractivity contribution is 7.92. The molecule has 4 heteroatoms. The van der Waals surface area contributed by atoms with Gasteiger partial charge in [0.15, 0.2) is 0 Å². The molecule has 0 aliphatic rings. The first-order valence-electron chi connectivity index (χ1n) is 5.02. The number of anilines is 1. The van der Waals surface area contributed by atoms with Crippen LogP contribution >= 0.6 is 0 Å². The first-order valence-corrected chi connectivity index (χ1v) is 6.67. The van der Waals surface area contributed by atoms with Crippen LogP contribution < -0.4 is 4.72 Å². The molecule has 0 amide bonds. The van der Waals surface area contributed by atoms with Gasteiger partial charge in [0.25, 0.3) is 0 Å². The smallest absolute Gasteiger partial charge is 0.232 e. The van der Waals surface area contributed by atoms with Crippen molar-refractivity contribution in [3.05, 3.63) is 29.3 Å².